The summed E-state index contributed by atoms with van der Waals surface area (Å²) in [6.07, 6.45) is 5.49. The first kappa shape index (κ1) is 25.1. The average Bonchev–Trinajstić information content (AvgIpc) is 3.68. The number of aromatic nitrogens is 6. The van der Waals surface area contributed by atoms with E-state index >= 15 is 0 Å². The normalized spacial score (nSPS) is 16.8. The fraction of sp³-hybridized carbons (Fsp3) is 0.269. The van der Waals surface area contributed by atoms with Gasteiger partial charge in [-0.1, -0.05) is 6.07 Å². The lowest BCUT2D eigenvalue weighted by Gasteiger charge is -2.16. The van der Waals surface area contributed by atoms with E-state index in [-0.39, 0.29) is 12.1 Å². The number of hydrogen-bond acceptors (Lipinski definition) is 9. The van der Waals surface area contributed by atoms with E-state index in [1.807, 2.05) is 67.5 Å². The second-order valence-corrected chi connectivity index (χ2v) is 8.78. The number of carbonyl (C=O) groups excluding carboxylic acids is 1. The summed E-state index contributed by atoms with van der Waals surface area (Å²) in [6, 6.07) is 11.5. The molecule has 2 unspecified atom stereocenters. The molecule has 196 valence electrons. The van der Waals surface area contributed by atoms with E-state index < -0.39 is 6.10 Å². The summed E-state index contributed by atoms with van der Waals surface area (Å²) >= 11 is 0. The minimum absolute atomic E-state index is 0.197. The Morgan fingerprint density at radius 1 is 1.16 bits per heavy atom. The first-order valence-electron chi connectivity index (χ1n) is 12.1. The minimum atomic E-state index is -0.600. The molecule has 12 heteroatoms. The summed E-state index contributed by atoms with van der Waals surface area (Å²) in [5, 5.41) is 19.2. The van der Waals surface area contributed by atoms with E-state index in [4.69, 9.17) is 15.6 Å². The standard InChI is InChI=1S/C25H25N9O2.CH4O/c1-27-20-7-4-14-3-5-15(11-18(14)31-20)30-25(35)19-6-8-21(36-19)34-12-16(17-9-10-33(2)32-17)22-23(26)28-13-29-24(22)34;1-2/h3-5,7,9-13,19,21H,6,8H2,1-2H3,(H,27,31)(H,30,35)(H2,26,28,29);2H,1H3. The Morgan fingerprint density at radius 3 is 2.74 bits per heavy atom. The third-order valence-electron chi connectivity index (χ3n) is 6.44. The van der Waals surface area contributed by atoms with Crippen molar-refractivity contribution in [1.82, 2.24) is 29.3 Å². The second kappa shape index (κ2) is 10.4. The summed E-state index contributed by atoms with van der Waals surface area (Å²) in [4.78, 5) is 26.2. The number of pyridine rings is 1. The molecule has 1 fully saturated rings. The van der Waals surface area contributed by atoms with Gasteiger partial charge in [0.1, 0.15) is 35.9 Å². The number of aliphatic hydroxyl groups excluding tert-OH is 1. The van der Waals surface area contributed by atoms with E-state index in [1.54, 1.807) is 4.68 Å². The highest BCUT2D eigenvalue weighted by molar-refractivity contribution is 6.00. The Hall–Kier alpha value is -4.55. The Labute approximate surface area is 218 Å². The maximum atomic E-state index is 13.1. The number of rotatable bonds is 5. The number of carbonyl (C=O) groups is 1. The van der Waals surface area contributed by atoms with E-state index in [2.05, 4.69) is 30.7 Å². The maximum absolute atomic E-state index is 13.1. The number of hydrogen-bond donors (Lipinski definition) is 4. The predicted molar refractivity (Wildman–Crippen MR) is 145 cm³/mol. The number of nitrogens with two attached hydrogens (primary N) is 1. The molecule has 0 aliphatic carbocycles. The number of amides is 1. The van der Waals surface area contributed by atoms with Crippen LogP contribution in [-0.4, -0.2) is 60.6 Å². The maximum Gasteiger partial charge on any atom is 0.253 e. The Kier molecular flexibility index (Phi) is 6.90. The van der Waals surface area contributed by atoms with Gasteiger partial charge in [-0.15, -0.1) is 0 Å². The number of nitrogens with zero attached hydrogens (tertiary/aromatic N) is 6. The van der Waals surface area contributed by atoms with Gasteiger partial charge in [0.15, 0.2) is 0 Å². The number of benzene rings is 1. The molecule has 2 atom stereocenters. The van der Waals surface area contributed by atoms with Crippen LogP contribution in [0.2, 0.25) is 0 Å². The molecule has 38 heavy (non-hydrogen) atoms. The zero-order chi connectivity index (χ0) is 26.8. The topological polar surface area (TPSA) is 158 Å². The molecule has 5 aromatic rings. The fourth-order valence-corrected chi connectivity index (χ4v) is 4.65. The van der Waals surface area contributed by atoms with E-state index in [0.29, 0.717) is 30.0 Å². The van der Waals surface area contributed by atoms with Gasteiger partial charge in [0.05, 0.1) is 16.6 Å². The molecule has 12 nitrogen and oxygen atoms in total. The smallest absolute Gasteiger partial charge is 0.253 e. The SMILES string of the molecule is CNc1ccc2ccc(NC(=O)C3CCC(n4cc(-c5ccn(C)n5)c5c(N)ncnc54)O3)cc2n1.CO. The monoisotopic (exact) mass is 515 g/mol. The molecule has 1 aliphatic rings. The van der Waals surface area contributed by atoms with Crippen LogP contribution in [0.5, 0.6) is 0 Å². The largest absolute Gasteiger partial charge is 0.400 e. The van der Waals surface area contributed by atoms with Crippen molar-refractivity contribution >= 4 is 45.2 Å². The third-order valence-corrected chi connectivity index (χ3v) is 6.44. The summed E-state index contributed by atoms with van der Waals surface area (Å²) in [6.45, 7) is 0. The van der Waals surface area contributed by atoms with Gasteiger partial charge in [-0.25, -0.2) is 15.0 Å². The number of ether oxygens (including phenoxy) is 1. The quantitative estimate of drug-likeness (QED) is 0.276. The number of nitrogens with one attached hydrogen (secondary N) is 2. The van der Waals surface area contributed by atoms with Gasteiger partial charge >= 0.3 is 0 Å². The molecular formula is C26H29N9O3. The fourth-order valence-electron chi connectivity index (χ4n) is 4.65. The minimum Gasteiger partial charge on any atom is -0.400 e. The number of nitrogen functional groups attached to an aromatic ring is 1. The molecule has 1 aliphatic heterocycles. The first-order valence-corrected chi connectivity index (χ1v) is 12.1. The third kappa shape index (κ3) is 4.62. The van der Waals surface area contributed by atoms with Crippen LogP contribution in [0.3, 0.4) is 0 Å². The van der Waals surface area contributed by atoms with Gasteiger partial charge in [-0.2, -0.15) is 5.10 Å². The van der Waals surface area contributed by atoms with Crippen LogP contribution in [0.1, 0.15) is 19.1 Å². The lowest BCUT2D eigenvalue weighted by molar-refractivity contribution is -0.128. The number of aryl methyl sites for hydroxylation is 1. The molecule has 0 radical (unpaired) electrons. The average molecular weight is 516 g/mol. The van der Waals surface area contributed by atoms with E-state index in [9.17, 15) is 4.79 Å². The van der Waals surface area contributed by atoms with Crippen molar-refractivity contribution in [3.05, 3.63) is 55.1 Å². The van der Waals surface area contributed by atoms with Crippen molar-refractivity contribution < 1.29 is 14.6 Å². The number of aliphatic hydroxyl groups is 1. The Balaban J connectivity index is 0.00000144. The predicted octanol–water partition coefficient (Wildman–Crippen LogP) is 2.93. The van der Waals surface area contributed by atoms with Crippen LogP contribution in [0.15, 0.2) is 55.1 Å². The number of anilines is 3. The molecule has 0 bridgehead atoms. The molecule has 6 rings (SSSR count). The van der Waals surface area contributed by atoms with Crippen LogP contribution >= 0.6 is 0 Å². The van der Waals surface area contributed by atoms with Gasteiger partial charge in [-0.3, -0.25) is 9.48 Å². The van der Waals surface area contributed by atoms with Crippen molar-refractivity contribution in [3.8, 4) is 11.3 Å². The van der Waals surface area contributed by atoms with Crippen molar-refractivity contribution in [1.29, 1.82) is 0 Å². The van der Waals surface area contributed by atoms with Crippen molar-refractivity contribution in [2.45, 2.75) is 25.2 Å². The highest BCUT2D eigenvalue weighted by Gasteiger charge is 2.33. The molecule has 4 aromatic heterocycles. The summed E-state index contributed by atoms with van der Waals surface area (Å²) in [5.41, 5.74) is 9.92. The zero-order valence-electron chi connectivity index (χ0n) is 21.3. The number of fused-ring (bicyclic) bond motifs is 2. The zero-order valence-corrected chi connectivity index (χ0v) is 21.3. The van der Waals surface area contributed by atoms with Gasteiger partial charge in [0, 0.05) is 50.2 Å². The van der Waals surface area contributed by atoms with Gasteiger partial charge in [0.2, 0.25) is 0 Å². The van der Waals surface area contributed by atoms with Crippen LogP contribution < -0.4 is 16.4 Å². The molecule has 5 heterocycles. The molecule has 5 N–H and O–H groups in total. The highest BCUT2D eigenvalue weighted by atomic mass is 16.5. The summed E-state index contributed by atoms with van der Waals surface area (Å²) in [7, 11) is 4.68. The van der Waals surface area contributed by atoms with Gasteiger partial charge in [0.25, 0.3) is 5.91 Å². The van der Waals surface area contributed by atoms with Crippen LogP contribution in [-0.2, 0) is 16.6 Å². The van der Waals surface area contributed by atoms with Crippen LogP contribution in [0, 0.1) is 0 Å². The van der Waals surface area contributed by atoms with Crippen molar-refractivity contribution in [2.75, 3.05) is 30.5 Å². The molecular weight excluding hydrogens is 486 g/mol. The molecule has 1 amide bonds. The lowest BCUT2D eigenvalue weighted by Crippen LogP contribution is -2.27. The summed E-state index contributed by atoms with van der Waals surface area (Å²) < 4.78 is 9.86. The highest BCUT2D eigenvalue weighted by Crippen LogP contribution is 2.37. The lowest BCUT2D eigenvalue weighted by atomic mass is 10.2. The van der Waals surface area contributed by atoms with Gasteiger partial charge < -0.3 is 30.8 Å². The second-order valence-electron chi connectivity index (χ2n) is 8.78. The van der Waals surface area contributed by atoms with Crippen molar-refractivity contribution in [3.63, 3.8) is 0 Å². The van der Waals surface area contributed by atoms with E-state index in [0.717, 1.165) is 40.5 Å². The summed E-state index contributed by atoms with van der Waals surface area (Å²) in [5.74, 6) is 0.941. The Bertz CT molecular complexity index is 1610. The molecule has 1 saturated heterocycles. The van der Waals surface area contributed by atoms with Crippen LogP contribution in [0.4, 0.5) is 17.3 Å². The van der Waals surface area contributed by atoms with E-state index in [1.165, 1.54) is 6.33 Å². The Morgan fingerprint density at radius 2 is 1.97 bits per heavy atom. The first-order chi connectivity index (χ1) is 18.5. The van der Waals surface area contributed by atoms with Crippen LogP contribution in [0.25, 0.3) is 33.2 Å². The molecule has 0 spiro atoms. The van der Waals surface area contributed by atoms with Crippen molar-refractivity contribution in [2.24, 2.45) is 7.05 Å². The molecule has 0 saturated carbocycles. The molecule has 1 aromatic carbocycles. The van der Waals surface area contributed by atoms with Gasteiger partial charge in [-0.05, 0) is 43.2 Å².